The molecule has 1 rings (SSSR count). The first-order chi connectivity index (χ1) is 11.1. The molecule has 10 nitrogen and oxygen atoms in total. The van der Waals surface area contributed by atoms with Crippen molar-refractivity contribution in [1.29, 1.82) is 0 Å². The van der Waals surface area contributed by atoms with E-state index in [1.807, 2.05) is 0 Å². The second-order valence-corrected chi connectivity index (χ2v) is 5.09. The van der Waals surface area contributed by atoms with Crippen LogP contribution in [-0.2, 0) is 42.9 Å². The van der Waals surface area contributed by atoms with Crippen molar-refractivity contribution in [1.82, 2.24) is 0 Å². The molecular weight excluding hydrogens is 334 g/mol. The summed E-state index contributed by atoms with van der Waals surface area (Å²) in [5.41, 5.74) is 0. The van der Waals surface area contributed by atoms with Crippen molar-refractivity contribution >= 4 is 23.9 Å². The molecule has 0 aromatic rings. The van der Waals surface area contributed by atoms with Gasteiger partial charge in [0.25, 0.3) is 0 Å². The molecule has 0 amide bonds. The van der Waals surface area contributed by atoms with E-state index >= 15 is 0 Å². The zero-order valence-corrected chi connectivity index (χ0v) is 13.7. The minimum Gasteiger partial charge on any atom is -0.463 e. The zero-order chi connectivity index (χ0) is 18.4. The summed E-state index contributed by atoms with van der Waals surface area (Å²) >= 11 is 0. The quantitative estimate of drug-likeness (QED) is 0.374. The van der Waals surface area contributed by atoms with Gasteiger partial charge in [-0.15, -0.1) is 0 Å². The first-order valence-electron chi connectivity index (χ1n) is 7.10. The van der Waals surface area contributed by atoms with E-state index in [1.165, 1.54) is 0 Å². The Morgan fingerprint density at radius 3 is 1.71 bits per heavy atom. The molecule has 0 saturated carbocycles. The zero-order valence-electron chi connectivity index (χ0n) is 13.7. The molecule has 1 N–H and O–H groups in total. The van der Waals surface area contributed by atoms with Gasteiger partial charge in [-0.05, 0) is 0 Å². The van der Waals surface area contributed by atoms with E-state index in [0.717, 1.165) is 27.7 Å². The first kappa shape index (κ1) is 19.8. The van der Waals surface area contributed by atoms with Crippen LogP contribution >= 0.6 is 0 Å². The summed E-state index contributed by atoms with van der Waals surface area (Å²) in [7, 11) is 0. The molecule has 24 heavy (non-hydrogen) atoms. The van der Waals surface area contributed by atoms with Crippen molar-refractivity contribution in [2.45, 2.75) is 58.4 Å². The molecule has 0 aromatic carbocycles. The summed E-state index contributed by atoms with van der Waals surface area (Å²) in [6.45, 7) is 4.09. The van der Waals surface area contributed by atoms with Crippen LogP contribution in [0.1, 0.15) is 27.7 Å². The number of hydrogen-bond donors (Lipinski definition) is 1. The van der Waals surface area contributed by atoms with Crippen LogP contribution in [0.15, 0.2) is 0 Å². The Morgan fingerprint density at radius 1 is 0.792 bits per heavy atom. The standard InChI is InChI=1S/C14H20O10/c1-6(15)20-5-10-11(21-7(2)16)12(22-8(3)17)13(14(19)24-10)23-9(4)18/h10-14,19H,5H2,1-4H3/t10-,11-,12+,13-,14?/m1/s1/i5+1,10+1,11+1,12+1,13+1,14+1. The fraction of sp³-hybridized carbons (Fsp3) is 0.714. The summed E-state index contributed by atoms with van der Waals surface area (Å²) in [5, 5.41) is 10.0. The van der Waals surface area contributed by atoms with Gasteiger partial charge in [-0.2, -0.15) is 0 Å². The second-order valence-electron chi connectivity index (χ2n) is 5.09. The van der Waals surface area contributed by atoms with Crippen molar-refractivity contribution in [2.24, 2.45) is 0 Å². The minimum atomic E-state index is -1.68. The maximum atomic E-state index is 11.3. The molecule has 1 fully saturated rings. The topological polar surface area (TPSA) is 135 Å². The highest BCUT2D eigenvalue weighted by Gasteiger charge is 2.51. The fourth-order valence-corrected chi connectivity index (χ4v) is 2.21. The predicted octanol–water partition coefficient (Wildman–Crippen LogP) is -0.938. The molecule has 1 aliphatic heterocycles. The summed E-state index contributed by atoms with van der Waals surface area (Å²) < 4.78 is 25.0. The van der Waals surface area contributed by atoms with E-state index in [1.54, 1.807) is 0 Å². The summed E-state index contributed by atoms with van der Waals surface area (Å²) in [6, 6.07) is 0. The summed E-state index contributed by atoms with van der Waals surface area (Å²) in [5.74, 6) is -2.87. The third-order valence-corrected chi connectivity index (χ3v) is 2.97. The number of rotatable bonds is 5. The van der Waals surface area contributed by atoms with Gasteiger partial charge in [0.2, 0.25) is 0 Å². The Labute approximate surface area is 137 Å². The average molecular weight is 354 g/mol. The van der Waals surface area contributed by atoms with Gasteiger partial charge in [-0.1, -0.05) is 0 Å². The van der Waals surface area contributed by atoms with Gasteiger partial charge >= 0.3 is 23.9 Å². The van der Waals surface area contributed by atoms with Crippen molar-refractivity contribution in [3.63, 3.8) is 0 Å². The molecule has 1 heterocycles. The van der Waals surface area contributed by atoms with Crippen LogP contribution < -0.4 is 0 Å². The number of hydrogen-bond acceptors (Lipinski definition) is 10. The third kappa shape index (κ3) is 5.78. The number of aliphatic hydroxyl groups is 1. The van der Waals surface area contributed by atoms with Crippen molar-refractivity contribution in [2.75, 3.05) is 6.61 Å². The Balaban J connectivity index is 3.11. The van der Waals surface area contributed by atoms with Crippen molar-refractivity contribution in [3.8, 4) is 0 Å². The number of carbonyl (C=O) groups excluding carboxylic acids is 4. The lowest BCUT2D eigenvalue weighted by molar-refractivity contribution is -0.296. The molecular formula is C14H20O10. The summed E-state index contributed by atoms with van der Waals surface area (Å²) in [6.07, 6.45) is -6.79. The monoisotopic (exact) mass is 354 g/mol. The molecule has 1 saturated heterocycles. The van der Waals surface area contributed by atoms with Crippen LogP contribution in [0.2, 0.25) is 0 Å². The van der Waals surface area contributed by atoms with E-state index < -0.39 is 54.6 Å². The molecule has 0 aromatic heterocycles. The normalized spacial score (nSPS) is 29.3. The number of aliphatic hydroxyl groups excluding tert-OH is 1. The highest BCUT2D eigenvalue weighted by atomic mass is 16.9. The Morgan fingerprint density at radius 2 is 1.25 bits per heavy atom. The van der Waals surface area contributed by atoms with Crippen molar-refractivity contribution < 1.29 is 48.0 Å². The van der Waals surface area contributed by atoms with Crippen LogP contribution in [0.4, 0.5) is 0 Å². The van der Waals surface area contributed by atoms with Crippen LogP contribution in [-0.4, -0.2) is 66.3 Å². The Hall–Kier alpha value is -2.20. The fourth-order valence-electron chi connectivity index (χ4n) is 2.21. The molecule has 0 bridgehead atoms. The summed E-state index contributed by atoms with van der Waals surface area (Å²) in [4.78, 5) is 44.9. The van der Waals surface area contributed by atoms with E-state index in [0.29, 0.717) is 0 Å². The number of carbonyl (C=O) groups is 4. The smallest absolute Gasteiger partial charge is 0.303 e. The first-order valence-corrected chi connectivity index (χ1v) is 7.10. The Kier molecular flexibility index (Phi) is 7.11. The number of ether oxygens (including phenoxy) is 5. The van der Waals surface area contributed by atoms with E-state index in [9.17, 15) is 24.3 Å². The van der Waals surface area contributed by atoms with Crippen LogP contribution in [0.3, 0.4) is 0 Å². The van der Waals surface area contributed by atoms with Gasteiger partial charge in [-0.3, -0.25) is 19.2 Å². The van der Waals surface area contributed by atoms with Crippen molar-refractivity contribution in [3.05, 3.63) is 0 Å². The SMILES string of the molecule is CC(=O)O[13CH2][13C@H]1O[13CH](O)[13C@H](OC(C)=O)[13C@@H](OC(C)=O)[13C@@H]1OC(C)=O. The molecule has 1 unspecified atom stereocenters. The van der Waals surface area contributed by atoms with Gasteiger partial charge in [-0.25, -0.2) is 0 Å². The van der Waals surface area contributed by atoms with Gasteiger partial charge in [0.15, 0.2) is 24.6 Å². The van der Waals surface area contributed by atoms with Gasteiger partial charge in [0.05, 0.1) is 0 Å². The molecule has 0 aliphatic carbocycles. The van der Waals surface area contributed by atoms with Gasteiger partial charge < -0.3 is 28.8 Å². The van der Waals surface area contributed by atoms with Crippen LogP contribution in [0.25, 0.3) is 0 Å². The molecule has 10 heteroatoms. The molecule has 136 valence electrons. The van der Waals surface area contributed by atoms with Crippen LogP contribution in [0.5, 0.6) is 0 Å². The number of esters is 4. The van der Waals surface area contributed by atoms with Gasteiger partial charge in [0, 0.05) is 27.7 Å². The molecule has 0 radical (unpaired) electrons. The lowest BCUT2D eigenvalue weighted by atomic mass is 10.8. The van der Waals surface area contributed by atoms with Crippen LogP contribution in [0, 0.1) is 0 Å². The maximum Gasteiger partial charge on any atom is 0.303 e. The second kappa shape index (κ2) is 8.60. The Bertz CT molecular complexity index is 502. The van der Waals surface area contributed by atoms with E-state index in [4.69, 9.17) is 23.7 Å². The van der Waals surface area contributed by atoms with E-state index in [2.05, 4.69) is 0 Å². The predicted molar refractivity (Wildman–Crippen MR) is 74.2 cm³/mol. The van der Waals surface area contributed by atoms with Gasteiger partial charge in [0.1, 0.15) is 12.7 Å². The highest BCUT2D eigenvalue weighted by Crippen LogP contribution is 2.28. The lowest BCUT2D eigenvalue weighted by Gasteiger charge is -2.42. The largest absolute Gasteiger partial charge is 0.463 e. The third-order valence-electron chi connectivity index (χ3n) is 2.97. The minimum absolute atomic E-state index is 0.366. The molecule has 0 spiro atoms. The maximum absolute atomic E-state index is 11.3. The highest BCUT2D eigenvalue weighted by molar-refractivity contribution is 5.68. The molecule has 5 atom stereocenters. The average Bonchev–Trinajstić information content (AvgIpc) is 2.42. The lowest BCUT2D eigenvalue weighted by Crippen LogP contribution is -2.62. The molecule has 1 aliphatic rings. The van der Waals surface area contributed by atoms with E-state index in [-0.39, 0.29) is 6.61 Å².